The number of benzene rings is 1. The molecule has 3 heteroatoms. The molecule has 1 aliphatic rings. The van der Waals surface area contributed by atoms with Crippen LogP contribution in [0.5, 0.6) is 5.75 Å². The van der Waals surface area contributed by atoms with Crippen LogP contribution in [-0.2, 0) is 0 Å². The molecule has 0 aliphatic carbocycles. The largest absolute Gasteiger partial charge is 0.487 e. The third-order valence-corrected chi connectivity index (χ3v) is 2.51. The molecule has 0 radical (unpaired) electrons. The Labute approximate surface area is 89.9 Å². The smallest absolute Gasteiger partial charge is 0.143 e. The van der Waals surface area contributed by atoms with Gasteiger partial charge in [0.1, 0.15) is 11.9 Å². The zero-order chi connectivity index (χ0) is 10.7. The number of rotatable bonds is 2. The second-order valence-corrected chi connectivity index (χ2v) is 3.75. The van der Waals surface area contributed by atoms with Gasteiger partial charge in [0.15, 0.2) is 0 Å². The Morgan fingerprint density at radius 3 is 3.13 bits per heavy atom. The molecule has 1 heterocycles. The van der Waals surface area contributed by atoms with E-state index in [2.05, 4.69) is 17.9 Å². The lowest BCUT2D eigenvalue weighted by molar-refractivity contribution is 0.213. The lowest BCUT2D eigenvalue weighted by atomic mass is 10.2. The van der Waals surface area contributed by atoms with Crippen LogP contribution >= 0.6 is 0 Å². The van der Waals surface area contributed by atoms with Crippen LogP contribution < -0.4 is 9.64 Å². The SMILES string of the molecule is CC1CN(CCC#N)c2ccccc2O1. The van der Waals surface area contributed by atoms with Crippen LogP contribution in [0.25, 0.3) is 0 Å². The summed E-state index contributed by atoms with van der Waals surface area (Å²) in [5, 5.41) is 8.60. The highest BCUT2D eigenvalue weighted by Crippen LogP contribution is 2.32. The van der Waals surface area contributed by atoms with Gasteiger partial charge in [-0.1, -0.05) is 12.1 Å². The van der Waals surface area contributed by atoms with Crippen LogP contribution in [0.2, 0.25) is 0 Å². The van der Waals surface area contributed by atoms with E-state index in [9.17, 15) is 0 Å². The summed E-state index contributed by atoms with van der Waals surface area (Å²) in [6.07, 6.45) is 0.750. The molecule has 2 rings (SSSR count). The summed E-state index contributed by atoms with van der Waals surface area (Å²) >= 11 is 0. The molecular formula is C12H14N2O. The molecule has 1 aromatic rings. The van der Waals surface area contributed by atoms with Crippen molar-refractivity contribution in [2.45, 2.75) is 19.4 Å². The van der Waals surface area contributed by atoms with E-state index in [1.165, 1.54) is 0 Å². The van der Waals surface area contributed by atoms with Crippen molar-refractivity contribution < 1.29 is 4.74 Å². The molecule has 1 atom stereocenters. The Morgan fingerprint density at radius 1 is 1.53 bits per heavy atom. The van der Waals surface area contributed by atoms with Crippen molar-refractivity contribution in [1.82, 2.24) is 0 Å². The highest BCUT2D eigenvalue weighted by molar-refractivity contribution is 5.60. The van der Waals surface area contributed by atoms with Crippen molar-refractivity contribution in [2.75, 3.05) is 18.0 Å². The Hall–Kier alpha value is -1.69. The van der Waals surface area contributed by atoms with Crippen LogP contribution in [-0.4, -0.2) is 19.2 Å². The van der Waals surface area contributed by atoms with Crippen LogP contribution in [0.1, 0.15) is 13.3 Å². The quantitative estimate of drug-likeness (QED) is 0.737. The highest BCUT2D eigenvalue weighted by atomic mass is 16.5. The van der Waals surface area contributed by atoms with Gasteiger partial charge in [0.05, 0.1) is 24.7 Å². The van der Waals surface area contributed by atoms with E-state index in [0.29, 0.717) is 6.42 Å². The predicted molar refractivity (Wildman–Crippen MR) is 59.0 cm³/mol. The van der Waals surface area contributed by atoms with Crippen molar-refractivity contribution in [1.29, 1.82) is 5.26 Å². The molecule has 1 aliphatic heterocycles. The van der Waals surface area contributed by atoms with Crippen LogP contribution in [0.4, 0.5) is 5.69 Å². The molecule has 0 bridgehead atoms. The molecule has 0 N–H and O–H groups in total. The maximum Gasteiger partial charge on any atom is 0.143 e. The van der Waals surface area contributed by atoms with Crippen LogP contribution in [0, 0.1) is 11.3 Å². The first-order valence-corrected chi connectivity index (χ1v) is 5.19. The van der Waals surface area contributed by atoms with E-state index < -0.39 is 0 Å². The summed E-state index contributed by atoms with van der Waals surface area (Å²) in [6.45, 7) is 3.69. The van der Waals surface area contributed by atoms with Gasteiger partial charge >= 0.3 is 0 Å². The summed E-state index contributed by atoms with van der Waals surface area (Å²) in [4.78, 5) is 2.22. The lowest BCUT2D eigenvalue weighted by Gasteiger charge is -2.34. The van der Waals surface area contributed by atoms with Crippen molar-refractivity contribution in [2.24, 2.45) is 0 Å². The van der Waals surface area contributed by atoms with E-state index in [1.54, 1.807) is 0 Å². The number of nitriles is 1. The Morgan fingerprint density at radius 2 is 2.33 bits per heavy atom. The molecule has 0 aromatic heterocycles. The first kappa shape index (κ1) is 9.85. The maximum absolute atomic E-state index is 8.60. The van der Waals surface area contributed by atoms with Gasteiger partial charge in [-0.3, -0.25) is 0 Å². The monoisotopic (exact) mass is 202 g/mol. The molecular weight excluding hydrogens is 188 g/mol. The number of hydrogen-bond acceptors (Lipinski definition) is 3. The number of para-hydroxylation sites is 2. The number of nitrogens with zero attached hydrogens (tertiary/aromatic N) is 2. The molecule has 1 aromatic carbocycles. The lowest BCUT2D eigenvalue weighted by Crippen LogP contribution is -2.38. The van der Waals surface area contributed by atoms with E-state index >= 15 is 0 Å². The standard InChI is InChI=1S/C12H14N2O/c1-10-9-14(8-4-7-13)11-5-2-3-6-12(11)15-10/h2-3,5-6,10H,4,8-9H2,1H3. The first-order valence-electron chi connectivity index (χ1n) is 5.19. The molecule has 3 nitrogen and oxygen atoms in total. The van der Waals surface area contributed by atoms with E-state index in [4.69, 9.17) is 10.00 Å². The van der Waals surface area contributed by atoms with Gasteiger partial charge < -0.3 is 9.64 Å². The fourth-order valence-corrected chi connectivity index (χ4v) is 1.88. The minimum atomic E-state index is 0.193. The highest BCUT2D eigenvalue weighted by Gasteiger charge is 2.21. The van der Waals surface area contributed by atoms with Crippen molar-refractivity contribution in [3.8, 4) is 11.8 Å². The number of fused-ring (bicyclic) bond motifs is 1. The maximum atomic E-state index is 8.60. The fraction of sp³-hybridized carbons (Fsp3) is 0.417. The summed E-state index contributed by atoms with van der Waals surface area (Å²) in [7, 11) is 0. The minimum absolute atomic E-state index is 0.193. The molecule has 78 valence electrons. The zero-order valence-corrected chi connectivity index (χ0v) is 8.81. The zero-order valence-electron chi connectivity index (χ0n) is 8.81. The number of anilines is 1. The van der Waals surface area contributed by atoms with Gasteiger partial charge in [-0.15, -0.1) is 0 Å². The van der Waals surface area contributed by atoms with Gasteiger partial charge in [-0.25, -0.2) is 0 Å². The fourth-order valence-electron chi connectivity index (χ4n) is 1.88. The number of hydrogen-bond donors (Lipinski definition) is 0. The minimum Gasteiger partial charge on any atom is -0.487 e. The van der Waals surface area contributed by atoms with Gasteiger partial charge in [-0.05, 0) is 19.1 Å². The summed E-state index contributed by atoms with van der Waals surface area (Å²) < 4.78 is 5.72. The molecule has 0 saturated heterocycles. The third kappa shape index (κ3) is 2.04. The first-order chi connectivity index (χ1) is 7.31. The van der Waals surface area contributed by atoms with Crippen molar-refractivity contribution >= 4 is 5.69 Å². The number of ether oxygens (including phenoxy) is 1. The molecule has 0 saturated carbocycles. The van der Waals surface area contributed by atoms with Gasteiger partial charge in [0.2, 0.25) is 0 Å². The average molecular weight is 202 g/mol. The summed E-state index contributed by atoms with van der Waals surface area (Å²) in [5.41, 5.74) is 1.10. The second kappa shape index (κ2) is 4.22. The summed E-state index contributed by atoms with van der Waals surface area (Å²) in [6, 6.07) is 10.2. The Kier molecular flexibility index (Phi) is 2.77. The van der Waals surface area contributed by atoms with Gasteiger partial charge in [-0.2, -0.15) is 5.26 Å². The molecule has 0 amide bonds. The average Bonchev–Trinajstić information content (AvgIpc) is 2.25. The predicted octanol–water partition coefficient (Wildman–Crippen LogP) is 2.19. The topological polar surface area (TPSA) is 36.3 Å². The van der Waals surface area contributed by atoms with Gasteiger partial charge in [0.25, 0.3) is 0 Å². The van der Waals surface area contributed by atoms with Crippen LogP contribution in [0.15, 0.2) is 24.3 Å². The molecule has 0 fully saturated rings. The summed E-state index contributed by atoms with van der Waals surface area (Å²) in [5.74, 6) is 0.925. The second-order valence-electron chi connectivity index (χ2n) is 3.75. The van der Waals surface area contributed by atoms with E-state index in [-0.39, 0.29) is 6.10 Å². The molecule has 0 spiro atoms. The molecule has 1 unspecified atom stereocenters. The van der Waals surface area contributed by atoms with E-state index in [1.807, 2.05) is 24.3 Å². The Balaban J connectivity index is 2.23. The molecule has 15 heavy (non-hydrogen) atoms. The Bertz CT molecular complexity index is 383. The third-order valence-electron chi connectivity index (χ3n) is 2.51. The van der Waals surface area contributed by atoms with Crippen molar-refractivity contribution in [3.05, 3.63) is 24.3 Å². The van der Waals surface area contributed by atoms with Gasteiger partial charge in [0, 0.05) is 6.54 Å². The normalized spacial score (nSPS) is 18.9. The van der Waals surface area contributed by atoms with E-state index in [0.717, 1.165) is 24.5 Å². The van der Waals surface area contributed by atoms with Crippen molar-refractivity contribution in [3.63, 3.8) is 0 Å². The van der Waals surface area contributed by atoms with Crippen LogP contribution in [0.3, 0.4) is 0 Å².